The van der Waals surface area contributed by atoms with Gasteiger partial charge in [0.1, 0.15) is 0 Å². The second-order valence-corrected chi connectivity index (χ2v) is 5.05. The summed E-state index contributed by atoms with van der Waals surface area (Å²) in [5.41, 5.74) is 0.436. The molecule has 0 aromatic rings. The van der Waals surface area contributed by atoms with Crippen molar-refractivity contribution in [2.75, 3.05) is 19.7 Å². The minimum Gasteiger partial charge on any atom is -0.395 e. The predicted octanol–water partition coefficient (Wildman–Crippen LogP) is 1.35. The number of nitrogens with zero attached hydrogens (tertiary/aromatic N) is 1. The zero-order chi connectivity index (χ0) is 9.35. The molecule has 2 nitrogen and oxygen atoms in total. The van der Waals surface area contributed by atoms with Gasteiger partial charge in [-0.25, -0.2) is 0 Å². The van der Waals surface area contributed by atoms with Crippen molar-refractivity contribution in [2.45, 2.75) is 33.7 Å². The SMILES string of the molecule is C[C@@H](CO)N1CC(C(C)(C)C)C1. The predicted molar refractivity (Wildman–Crippen MR) is 51.1 cm³/mol. The topological polar surface area (TPSA) is 23.5 Å². The minimum absolute atomic E-state index is 0.289. The van der Waals surface area contributed by atoms with Crippen molar-refractivity contribution in [3.05, 3.63) is 0 Å². The van der Waals surface area contributed by atoms with Crippen LogP contribution in [0.15, 0.2) is 0 Å². The van der Waals surface area contributed by atoms with Crippen LogP contribution in [-0.2, 0) is 0 Å². The quantitative estimate of drug-likeness (QED) is 0.678. The van der Waals surface area contributed by atoms with Gasteiger partial charge in [0.25, 0.3) is 0 Å². The van der Waals surface area contributed by atoms with Crippen LogP contribution >= 0.6 is 0 Å². The van der Waals surface area contributed by atoms with Crippen LogP contribution in [0.1, 0.15) is 27.7 Å². The molecule has 1 aliphatic heterocycles. The Labute approximate surface area is 75.6 Å². The molecule has 1 aliphatic rings. The largest absolute Gasteiger partial charge is 0.395 e. The summed E-state index contributed by atoms with van der Waals surface area (Å²) in [5.74, 6) is 0.812. The van der Waals surface area contributed by atoms with Crippen molar-refractivity contribution >= 4 is 0 Å². The van der Waals surface area contributed by atoms with E-state index in [2.05, 4.69) is 32.6 Å². The van der Waals surface area contributed by atoms with Crippen molar-refractivity contribution < 1.29 is 5.11 Å². The number of aliphatic hydroxyl groups excluding tert-OH is 1. The van der Waals surface area contributed by atoms with Gasteiger partial charge in [-0.3, -0.25) is 4.90 Å². The number of likely N-dealkylation sites (tertiary alicyclic amines) is 1. The van der Waals surface area contributed by atoms with E-state index in [0.717, 1.165) is 19.0 Å². The fraction of sp³-hybridized carbons (Fsp3) is 1.00. The first-order valence-corrected chi connectivity index (χ1v) is 4.80. The molecule has 0 bridgehead atoms. The molecule has 0 saturated carbocycles. The summed E-state index contributed by atoms with van der Waals surface area (Å²) in [7, 11) is 0. The van der Waals surface area contributed by atoms with E-state index in [4.69, 9.17) is 5.11 Å². The molecule has 0 aromatic carbocycles. The Kier molecular flexibility index (Phi) is 2.79. The molecule has 2 heteroatoms. The van der Waals surface area contributed by atoms with E-state index < -0.39 is 0 Å². The third-order valence-electron chi connectivity index (χ3n) is 3.02. The Bertz CT molecular complexity index is 144. The van der Waals surface area contributed by atoms with E-state index in [1.807, 2.05) is 0 Å². The highest BCUT2D eigenvalue weighted by molar-refractivity contribution is 4.89. The lowest BCUT2D eigenvalue weighted by molar-refractivity contribution is -0.0173. The molecule has 1 fully saturated rings. The number of aliphatic hydroxyl groups is 1. The van der Waals surface area contributed by atoms with Gasteiger partial charge in [-0.2, -0.15) is 0 Å². The van der Waals surface area contributed by atoms with Crippen LogP contribution in [0.25, 0.3) is 0 Å². The number of rotatable bonds is 2. The summed E-state index contributed by atoms with van der Waals surface area (Å²) in [6.07, 6.45) is 0. The Balaban J connectivity index is 2.29. The summed E-state index contributed by atoms with van der Waals surface area (Å²) in [4.78, 5) is 2.34. The van der Waals surface area contributed by atoms with E-state index in [1.54, 1.807) is 0 Å². The van der Waals surface area contributed by atoms with E-state index in [9.17, 15) is 0 Å². The van der Waals surface area contributed by atoms with E-state index >= 15 is 0 Å². The Morgan fingerprint density at radius 1 is 1.42 bits per heavy atom. The van der Waals surface area contributed by atoms with Gasteiger partial charge in [-0.1, -0.05) is 20.8 Å². The van der Waals surface area contributed by atoms with Gasteiger partial charge in [-0.05, 0) is 18.3 Å². The van der Waals surface area contributed by atoms with Crippen molar-refractivity contribution in [2.24, 2.45) is 11.3 Å². The van der Waals surface area contributed by atoms with Gasteiger partial charge in [0.2, 0.25) is 0 Å². The van der Waals surface area contributed by atoms with Crippen LogP contribution < -0.4 is 0 Å². The van der Waals surface area contributed by atoms with Gasteiger partial charge < -0.3 is 5.11 Å². The second-order valence-electron chi connectivity index (χ2n) is 5.05. The van der Waals surface area contributed by atoms with E-state index in [-0.39, 0.29) is 6.61 Å². The van der Waals surface area contributed by atoms with Crippen molar-refractivity contribution in [1.29, 1.82) is 0 Å². The molecule has 12 heavy (non-hydrogen) atoms. The second kappa shape index (κ2) is 3.35. The first-order valence-electron chi connectivity index (χ1n) is 4.80. The van der Waals surface area contributed by atoms with Crippen LogP contribution in [0.5, 0.6) is 0 Å². The summed E-state index contributed by atoms with van der Waals surface area (Å²) < 4.78 is 0. The molecule has 1 rings (SSSR count). The lowest BCUT2D eigenvalue weighted by Crippen LogP contribution is -2.56. The van der Waals surface area contributed by atoms with Crippen LogP contribution in [0.4, 0.5) is 0 Å². The first kappa shape index (κ1) is 10.0. The highest BCUT2D eigenvalue weighted by Crippen LogP contribution is 2.34. The normalized spacial score (nSPS) is 23.8. The van der Waals surface area contributed by atoms with Gasteiger partial charge in [0.05, 0.1) is 6.61 Å². The first-order chi connectivity index (χ1) is 5.45. The molecule has 0 radical (unpaired) electrons. The standard InChI is InChI=1S/C10H21NO/c1-8(7-12)11-5-9(6-11)10(2,3)4/h8-9,12H,5-7H2,1-4H3/t8-/m0/s1. The Morgan fingerprint density at radius 2 is 1.92 bits per heavy atom. The van der Waals surface area contributed by atoms with E-state index in [0.29, 0.717) is 11.5 Å². The lowest BCUT2D eigenvalue weighted by Gasteiger charge is -2.48. The third kappa shape index (κ3) is 1.99. The van der Waals surface area contributed by atoms with Crippen LogP contribution in [-0.4, -0.2) is 35.7 Å². The molecule has 0 amide bonds. The Morgan fingerprint density at radius 3 is 2.25 bits per heavy atom. The minimum atomic E-state index is 0.289. The molecule has 72 valence electrons. The molecule has 1 atom stereocenters. The van der Waals surface area contributed by atoms with Crippen molar-refractivity contribution in [3.8, 4) is 0 Å². The molecule has 1 heterocycles. The molecular formula is C10H21NO. The lowest BCUT2D eigenvalue weighted by atomic mass is 9.75. The molecule has 0 spiro atoms. The highest BCUT2D eigenvalue weighted by Gasteiger charge is 2.37. The third-order valence-corrected chi connectivity index (χ3v) is 3.02. The summed E-state index contributed by atoms with van der Waals surface area (Å²) in [5, 5.41) is 8.92. The molecule has 0 aromatic heterocycles. The van der Waals surface area contributed by atoms with Crippen LogP contribution in [0.3, 0.4) is 0 Å². The Hall–Kier alpha value is -0.0800. The number of hydrogen-bond acceptors (Lipinski definition) is 2. The average molecular weight is 171 g/mol. The van der Waals surface area contributed by atoms with Gasteiger partial charge in [0, 0.05) is 19.1 Å². The summed E-state index contributed by atoms with van der Waals surface area (Å²) in [6.45, 7) is 11.6. The maximum absolute atomic E-state index is 8.92. The van der Waals surface area contributed by atoms with Gasteiger partial charge in [-0.15, -0.1) is 0 Å². The number of hydrogen-bond donors (Lipinski definition) is 1. The summed E-state index contributed by atoms with van der Waals surface area (Å²) in [6, 6.07) is 0.351. The fourth-order valence-electron chi connectivity index (χ4n) is 1.54. The van der Waals surface area contributed by atoms with Crippen LogP contribution in [0.2, 0.25) is 0 Å². The summed E-state index contributed by atoms with van der Waals surface area (Å²) >= 11 is 0. The highest BCUT2D eigenvalue weighted by atomic mass is 16.3. The van der Waals surface area contributed by atoms with Gasteiger partial charge >= 0.3 is 0 Å². The monoisotopic (exact) mass is 171 g/mol. The van der Waals surface area contributed by atoms with Crippen LogP contribution in [0, 0.1) is 11.3 Å². The maximum atomic E-state index is 8.92. The van der Waals surface area contributed by atoms with E-state index in [1.165, 1.54) is 0 Å². The smallest absolute Gasteiger partial charge is 0.0584 e. The van der Waals surface area contributed by atoms with Crippen molar-refractivity contribution in [3.63, 3.8) is 0 Å². The molecule has 0 unspecified atom stereocenters. The van der Waals surface area contributed by atoms with Gasteiger partial charge in [0.15, 0.2) is 0 Å². The average Bonchev–Trinajstić information content (AvgIpc) is 1.80. The molecule has 0 aliphatic carbocycles. The zero-order valence-electron chi connectivity index (χ0n) is 8.67. The zero-order valence-corrected chi connectivity index (χ0v) is 8.67. The fourth-order valence-corrected chi connectivity index (χ4v) is 1.54. The maximum Gasteiger partial charge on any atom is 0.0584 e. The molecular weight excluding hydrogens is 150 g/mol. The molecule has 1 saturated heterocycles. The van der Waals surface area contributed by atoms with Crippen molar-refractivity contribution in [1.82, 2.24) is 4.90 Å². The molecule has 1 N–H and O–H groups in total.